The lowest BCUT2D eigenvalue weighted by Gasteiger charge is -2.07. The van der Waals surface area contributed by atoms with E-state index in [1.54, 1.807) is 12.1 Å². The molecule has 2 N–H and O–H groups in total. The number of H-pyrrole nitrogens is 1. The summed E-state index contributed by atoms with van der Waals surface area (Å²) in [6.07, 6.45) is 5.16. The van der Waals surface area contributed by atoms with Crippen LogP contribution in [-0.4, -0.2) is 35.7 Å². The van der Waals surface area contributed by atoms with Crippen LogP contribution < -0.4 is 11.2 Å². The molecule has 0 bridgehead atoms. The highest BCUT2D eigenvalue weighted by Gasteiger charge is 2.13. The molecule has 0 aliphatic carbocycles. The number of nitrogens with zero attached hydrogens (tertiary/aromatic N) is 5. The number of halogens is 1. The second-order valence-electron chi connectivity index (χ2n) is 4.25. The lowest BCUT2D eigenvalue weighted by atomic mass is 10.3. The topological polar surface area (TPSA) is 131 Å². The lowest BCUT2D eigenvalue weighted by molar-refractivity contribution is 0.392. The molecular formula is C12H11ClN6O4. The molecule has 10 nitrogen and oxygen atoms in total. The van der Waals surface area contributed by atoms with E-state index in [9.17, 15) is 14.7 Å². The number of nitrogens with one attached hydrogen (secondary N) is 1. The zero-order chi connectivity index (χ0) is 15.5. The van der Waals surface area contributed by atoms with E-state index in [1.165, 1.54) is 23.6 Å². The maximum absolute atomic E-state index is 11.8. The van der Waals surface area contributed by atoms with Crippen molar-refractivity contribution in [2.45, 2.75) is 6.54 Å². The summed E-state index contributed by atoms with van der Waals surface area (Å²) in [6, 6.07) is 3.29. The maximum atomic E-state index is 11.8. The molecule has 11 heteroatoms. The monoisotopic (exact) mass is 338 g/mol. The Morgan fingerprint density at radius 1 is 1.35 bits per heavy atom. The maximum Gasteiger partial charge on any atom is 0.331 e. The SMILES string of the molecule is Cl.O=c1[nH]c(=O)n(Cc2ccco2)c(O)c1C=Nn1cnnc1. The molecule has 0 saturated carbocycles. The summed E-state index contributed by atoms with van der Waals surface area (Å²) in [5.74, 6) is -0.0619. The van der Waals surface area contributed by atoms with Crippen LogP contribution >= 0.6 is 12.4 Å². The van der Waals surface area contributed by atoms with Crippen molar-refractivity contribution < 1.29 is 9.52 Å². The molecule has 120 valence electrons. The summed E-state index contributed by atoms with van der Waals surface area (Å²) in [7, 11) is 0. The van der Waals surface area contributed by atoms with Crippen molar-refractivity contribution in [3.63, 3.8) is 0 Å². The van der Waals surface area contributed by atoms with Gasteiger partial charge in [0.25, 0.3) is 5.56 Å². The van der Waals surface area contributed by atoms with E-state index in [0.717, 1.165) is 10.8 Å². The molecule has 23 heavy (non-hydrogen) atoms. The predicted molar refractivity (Wildman–Crippen MR) is 81.1 cm³/mol. The van der Waals surface area contributed by atoms with Crippen molar-refractivity contribution in [1.29, 1.82) is 0 Å². The molecular weight excluding hydrogens is 328 g/mol. The van der Waals surface area contributed by atoms with Gasteiger partial charge in [-0.15, -0.1) is 22.6 Å². The number of aromatic hydroxyl groups is 1. The number of furan rings is 1. The second-order valence-corrected chi connectivity index (χ2v) is 4.25. The van der Waals surface area contributed by atoms with Crippen molar-refractivity contribution in [3.05, 3.63) is 63.2 Å². The fourth-order valence-electron chi connectivity index (χ4n) is 1.78. The van der Waals surface area contributed by atoms with Crippen molar-refractivity contribution in [2.24, 2.45) is 5.10 Å². The average Bonchev–Trinajstić information content (AvgIpc) is 3.16. The van der Waals surface area contributed by atoms with E-state index >= 15 is 0 Å². The first-order valence-corrected chi connectivity index (χ1v) is 6.12. The highest BCUT2D eigenvalue weighted by molar-refractivity contribution is 5.85. The first-order chi connectivity index (χ1) is 10.6. The zero-order valence-corrected chi connectivity index (χ0v) is 12.3. The van der Waals surface area contributed by atoms with Crippen LogP contribution in [0.1, 0.15) is 11.3 Å². The third kappa shape index (κ3) is 3.37. The third-order valence-corrected chi connectivity index (χ3v) is 2.83. The molecule has 0 aromatic carbocycles. The molecule has 0 saturated heterocycles. The van der Waals surface area contributed by atoms with Gasteiger partial charge in [0.2, 0.25) is 5.88 Å². The summed E-state index contributed by atoms with van der Waals surface area (Å²) in [6.45, 7) is -0.0259. The standard InChI is InChI=1S/C12H10N6O4.ClH/c19-10-9(4-15-17-6-13-14-7-17)11(20)18(12(21)16-10)5-8-2-1-3-22-8;/h1-4,6-7,20H,5H2,(H,16,19,21);1H. The Morgan fingerprint density at radius 3 is 2.74 bits per heavy atom. The largest absolute Gasteiger partial charge is 0.494 e. The van der Waals surface area contributed by atoms with Gasteiger partial charge in [0.15, 0.2) is 0 Å². The van der Waals surface area contributed by atoms with Crippen LogP contribution in [-0.2, 0) is 6.54 Å². The molecule has 0 aliphatic heterocycles. The van der Waals surface area contributed by atoms with Gasteiger partial charge in [-0.05, 0) is 12.1 Å². The Morgan fingerprint density at radius 2 is 2.09 bits per heavy atom. The predicted octanol–water partition coefficient (Wildman–Crippen LogP) is -0.221. The molecule has 3 heterocycles. The van der Waals surface area contributed by atoms with Crippen LogP contribution in [0.3, 0.4) is 0 Å². The normalized spacial score (nSPS) is 10.8. The molecule has 0 atom stereocenters. The quantitative estimate of drug-likeness (QED) is 0.632. The van der Waals surface area contributed by atoms with E-state index in [-0.39, 0.29) is 24.5 Å². The Kier molecular flexibility index (Phi) is 4.76. The highest BCUT2D eigenvalue weighted by Crippen LogP contribution is 2.11. The fourth-order valence-corrected chi connectivity index (χ4v) is 1.78. The van der Waals surface area contributed by atoms with E-state index < -0.39 is 17.1 Å². The molecule has 3 rings (SSSR count). The van der Waals surface area contributed by atoms with Crippen LogP contribution in [0.15, 0.2) is 50.2 Å². The molecule has 3 aromatic rings. The first kappa shape index (κ1) is 16.2. The molecule has 0 unspecified atom stereocenters. The van der Waals surface area contributed by atoms with Gasteiger partial charge in [-0.25, -0.2) is 9.47 Å². The molecule has 0 spiro atoms. The Balaban J connectivity index is 0.00000192. The Labute approximate surface area is 134 Å². The fraction of sp³-hybridized carbons (Fsp3) is 0.0833. The number of aromatic nitrogens is 5. The van der Waals surface area contributed by atoms with Gasteiger partial charge in [0.05, 0.1) is 19.0 Å². The van der Waals surface area contributed by atoms with Gasteiger partial charge >= 0.3 is 5.69 Å². The van der Waals surface area contributed by atoms with Crippen LogP contribution in [0.25, 0.3) is 0 Å². The molecule has 3 aromatic heterocycles. The minimum atomic E-state index is -0.755. The van der Waals surface area contributed by atoms with Crippen molar-refractivity contribution in [1.82, 2.24) is 24.4 Å². The first-order valence-electron chi connectivity index (χ1n) is 6.12. The van der Waals surface area contributed by atoms with Gasteiger partial charge in [-0.1, -0.05) is 0 Å². The van der Waals surface area contributed by atoms with Gasteiger partial charge in [0, 0.05) is 0 Å². The van der Waals surface area contributed by atoms with E-state index in [1.807, 2.05) is 0 Å². The van der Waals surface area contributed by atoms with E-state index in [0.29, 0.717) is 5.76 Å². The van der Waals surface area contributed by atoms with Gasteiger partial charge < -0.3 is 9.52 Å². The van der Waals surface area contributed by atoms with E-state index in [2.05, 4.69) is 20.3 Å². The van der Waals surface area contributed by atoms with Gasteiger partial charge in [-0.2, -0.15) is 5.10 Å². The summed E-state index contributed by atoms with van der Waals surface area (Å²) < 4.78 is 7.32. The Hall–Kier alpha value is -3.14. The van der Waals surface area contributed by atoms with Crippen molar-refractivity contribution >= 4 is 18.6 Å². The summed E-state index contributed by atoms with van der Waals surface area (Å²) in [5, 5.41) is 21.1. The molecule has 0 fully saturated rings. The van der Waals surface area contributed by atoms with E-state index in [4.69, 9.17) is 4.42 Å². The Bertz CT molecular complexity index is 910. The third-order valence-electron chi connectivity index (χ3n) is 2.83. The summed E-state index contributed by atoms with van der Waals surface area (Å²) in [5.41, 5.74) is -1.67. The number of hydrogen-bond acceptors (Lipinski definition) is 7. The lowest BCUT2D eigenvalue weighted by Crippen LogP contribution is -2.32. The number of rotatable bonds is 4. The van der Waals surface area contributed by atoms with Crippen molar-refractivity contribution in [3.8, 4) is 5.88 Å². The summed E-state index contributed by atoms with van der Waals surface area (Å²) >= 11 is 0. The minimum absolute atomic E-state index is 0. The molecule has 0 amide bonds. The molecule has 0 aliphatic rings. The highest BCUT2D eigenvalue weighted by atomic mass is 35.5. The number of aromatic amines is 1. The van der Waals surface area contributed by atoms with Crippen LogP contribution in [0.5, 0.6) is 5.88 Å². The zero-order valence-electron chi connectivity index (χ0n) is 11.5. The smallest absolute Gasteiger partial charge is 0.331 e. The van der Waals surface area contributed by atoms with Crippen LogP contribution in [0.2, 0.25) is 0 Å². The second kappa shape index (κ2) is 6.75. The average molecular weight is 339 g/mol. The van der Waals surface area contributed by atoms with Crippen LogP contribution in [0, 0.1) is 0 Å². The number of hydrogen-bond donors (Lipinski definition) is 2. The van der Waals surface area contributed by atoms with Crippen LogP contribution in [0.4, 0.5) is 0 Å². The molecule has 0 radical (unpaired) electrons. The van der Waals surface area contributed by atoms with Gasteiger partial charge in [-0.3, -0.25) is 14.3 Å². The van der Waals surface area contributed by atoms with Gasteiger partial charge in [0.1, 0.15) is 24.0 Å². The minimum Gasteiger partial charge on any atom is -0.494 e. The summed E-state index contributed by atoms with van der Waals surface area (Å²) in [4.78, 5) is 25.7. The van der Waals surface area contributed by atoms with Crippen molar-refractivity contribution in [2.75, 3.05) is 0 Å².